The Balaban J connectivity index is 0. The van der Waals surface area contributed by atoms with E-state index in [1.165, 1.54) is 0 Å². The van der Waals surface area contributed by atoms with Gasteiger partial charge in [-0.2, -0.15) is 0 Å². The highest BCUT2D eigenvalue weighted by molar-refractivity contribution is 4.67. The zero-order chi connectivity index (χ0) is 9.33. The molecular formula is C9H23NO. The fourth-order valence-electron chi connectivity index (χ4n) is 0.811. The van der Waals surface area contributed by atoms with Gasteiger partial charge in [0.25, 0.3) is 0 Å². The molecule has 0 bridgehead atoms. The Morgan fingerprint density at radius 1 is 1.27 bits per heavy atom. The summed E-state index contributed by atoms with van der Waals surface area (Å²) < 4.78 is 5.39. The molecule has 0 aromatic carbocycles. The minimum atomic E-state index is -0.0243. The average molecular weight is 161 g/mol. The lowest BCUT2D eigenvalue weighted by Gasteiger charge is -2.23. The van der Waals surface area contributed by atoms with Crippen LogP contribution in [-0.2, 0) is 4.74 Å². The molecule has 0 saturated carbocycles. The molecule has 0 fully saturated rings. The zero-order valence-electron chi connectivity index (χ0n) is 8.61. The van der Waals surface area contributed by atoms with Gasteiger partial charge >= 0.3 is 0 Å². The largest absolute Gasteiger partial charge is 0.376 e. The lowest BCUT2D eigenvalue weighted by molar-refractivity contribution is -0.0141. The van der Waals surface area contributed by atoms with Crippen molar-refractivity contribution >= 4 is 0 Å². The molecule has 11 heavy (non-hydrogen) atoms. The second-order valence-corrected chi connectivity index (χ2v) is 2.73. The van der Waals surface area contributed by atoms with Gasteiger partial charge in [0.1, 0.15) is 0 Å². The summed E-state index contributed by atoms with van der Waals surface area (Å²) in [6.45, 7) is 11.6. The Morgan fingerprint density at radius 3 is 2.00 bits per heavy atom. The Bertz CT molecular complexity index is 64.0. The topological polar surface area (TPSA) is 35.2 Å². The van der Waals surface area contributed by atoms with Crippen molar-refractivity contribution in [1.29, 1.82) is 0 Å². The summed E-state index contributed by atoms with van der Waals surface area (Å²) in [4.78, 5) is 0. The van der Waals surface area contributed by atoms with Crippen LogP contribution in [0, 0.1) is 0 Å². The van der Waals surface area contributed by atoms with Gasteiger partial charge < -0.3 is 10.5 Å². The Morgan fingerprint density at radius 2 is 1.73 bits per heavy atom. The summed E-state index contributed by atoms with van der Waals surface area (Å²) in [6.07, 6.45) is 0.931. The third-order valence-electron chi connectivity index (χ3n) is 1.28. The van der Waals surface area contributed by atoms with E-state index in [-0.39, 0.29) is 5.60 Å². The van der Waals surface area contributed by atoms with E-state index in [0.717, 1.165) is 13.0 Å². The first-order valence-electron chi connectivity index (χ1n) is 4.46. The standard InChI is InChI=1S/C7H17NO.C2H6/c1-4-9-7(2,3)5-6-8;1-2/h4-6,8H2,1-3H3;1-2H3. The summed E-state index contributed by atoms with van der Waals surface area (Å²) in [5, 5.41) is 0. The van der Waals surface area contributed by atoms with Crippen LogP contribution in [0.25, 0.3) is 0 Å². The Kier molecular flexibility index (Phi) is 9.85. The van der Waals surface area contributed by atoms with E-state index in [4.69, 9.17) is 10.5 Å². The molecule has 0 aliphatic carbocycles. The van der Waals surface area contributed by atoms with Crippen molar-refractivity contribution in [2.45, 2.75) is 46.6 Å². The molecule has 0 aliphatic rings. The van der Waals surface area contributed by atoms with E-state index in [2.05, 4.69) is 13.8 Å². The van der Waals surface area contributed by atoms with E-state index in [1.807, 2.05) is 20.8 Å². The van der Waals surface area contributed by atoms with Crippen molar-refractivity contribution in [3.05, 3.63) is 0 Å². The maximum Gasteiger partial charge on any atom is 0.0638 e. The molecular weight excluding hydrogens is 138 g/mol. The van der Waals surface area contributed by atoms with Crippen LogP contribution in [-0.4, -0.2) is 18.8 Å². The summed E-state index contributed by atoms with van der Waals surface area (Å²) in [5.74, 6) is 0. The summed E-state index contributed by atoms with van der Waals surface area (Å²) in [5.41, 5.74) is 5.34. The molecule has 70 valence electrons. The van der Waals surface area contributed by atoms with Crippen LogP contribution < -0.4 is 5.73 Å². The van der Waals surface area contributed by atoms with Crippen molar-refractivity contribution in [3.63, 3.8) is 0 Å². The van der Waals surface area contributed by atoms with E-state index in [9.17, 15) is 0 Å². The second-order valence-electron chi connectivity index (χ2n) is 2.73. The molecule has 0 spiro atoms. The molecule has 0 saturated heterocycles. The highest BCUT2D eigenvalue weighted by Crippen LogP contribution is 2.11. The summed E-state index contributed by atoms with van der Waals surface area (Å²) >= 11 is 0. The van der Waals surface area contributed by atoms with Gasteiger partial charge in [-0.25, -0.2) is 0 Å². The van der Waals surface area contributed by atoms with Crippen molar-refractivity contribution < 1.29 is 4.74 Å². The molecule has 0 aliphatic heterocycles. The zero-order valence-corrected chi connectivity index (χ0v) is 8.61. The molecule has 0 aromatic heterocycles. The van der Waals surface area contributed by atoms with Gasteiger partial charge in [-0.15, -0.1) is 0 Å². The Hall–Kier alpha value is -0.0800. The van der Waals surface area contributed by atoms with Gasteiger partial charge in [0.2, 0.25) is 0 Å². The third kappa shape index (κ3) is 9.92. The van der Waals surface area contributed by atoms with E-state index >= 15 is 0 Å². The Labute approximate surface area is 71.1 Å². The lowest BCUT2D eigenvalue weighted by Crippen LogP contribution is -2.27. The molecule has 0 atom stereocenters. The summed E-state index contributed by atoms with van der Waals surface area (Å²) in [6, 6.07) is 0. The lowest BCUT2D eigenvalue weighted by atomic mass is 10.1. The monoisotopic (exact) mass is 161 g/mol. The van der Waals surface area contributed by atoms with Crippen molar-refractivity contribution in [1.82, 2.24) is 0 Å². The van der Waals surface area contributed by atoms with Crippen LogP contribution in [0.2, 0.25) is 0 Å². The van der Waals surface area contributed by atoms with Crippen LogP contribution in [0.1, 0.15) is 41.0 Å². The predicted octanol–water partition coefficient (Wildman–Crippen LogP) is 2.18. The highest BCUT2D eigenvalue weighted by atomic mass is 16.5. The van der Waals surface area contributed by atoms with Gasteiger partial charge in [-0.3, -0.25) is 0 Å². The van der Waals surface area contributed by atoms with Gasteiger partial charge in [0.15, 0.2) is 0 Å². The number of nitrogens with two attached hydrogens (primary N) is 1. The minimum absolute atomic E-state index is 0.0243. The quantitative estimate of drug-likeness (QED) is 0.686. The van der Waals surface area contributed by atoms with E-state index in [0.29, 0.717) is 6.54 Å². The van der Waals surface area contributed by atoms with Gasteiger partial charge in [0.05, 0.1) is 5.60 Å². The van der Waals surface area contributed by atoms with Crippen LogP contribution in [0.15, 0.2) is 0 Å². The van der Waals surface area contributed by atoms with E-state index in [1.54, 1.807) is 0 Å². The van der Waals surface area contributed by atoms with Crippen molar-refractivity contribution in [3.8, 4) is 0 Å². The predicted molar refractivity (Wildman–Crippen MR) is 50.7 cm³/mol. The van der Waals surface area contributed by atoms with Gasteiger partial charge in [-0.05, 0) is 33.7 Å². The van der Waals surface area contributed by atoms with Crippen molar-refractivity contribution in [2.24, 2.45) is 5.73 Å². The van der Waals surface area contributed by atoms with Crippen LogP contribution in [0.4, 0.5) is 0 Å². The minimum Gasteiger partial charge on any atom is -0.376 e. The first-order chi connectivity index (χ1) is 5.12. The van der Waals surface area contributed by atoms with Crippen LogP contribution in [0.5, 0.6) is 0 Å². The maximum atomic E-state index is 5.39. The normalized spacial score (nSPS) is 10.4. The van der Waals surface area contributed by atoms with Gasteiger partial charge in [-0.1, -0.05) is 13.8 Å². The smallest absolute Gasteiger partial charge is 0.0638 e. The number of rotatable bonds is 4. The molecule has 0 rings (SSSR count). The van der Waals surface area contributed by atoms with Crippen molar-refractivity contribution in [2.75, 3.05) is 13.2 Å². The molecule has 0 unspecified atom stereocenters. The van der Waals surface area contributed by atoms with E-state index < -0.39 is 0 Å². The highest BCUT2D eigenvalue weighted by Gasteiger charge is 2.14. The number of hydrogen-bond donors (Lipinski definition) is 1. The third-order valence-corrected chi connectivity index (χ3v) is 1.28. The molecule has 2 heteroatoms. The number of hydrogen-bond acceptors (Lipinski definition) is 2. The second kappa shape index (κ2) is 8.02. The first kappa shape index (κ1) is 13.5. The maximum absolute atomic E-state index is 5.39. The number of ether oxygens (including phenoxy) is 1. The molecule has 0 radical (unpaired) electrons. The SMILES string of the molecule is CC.CCOC(C)(C)CCN. The molecule has 2 N–H and O–H groups in total. The summed E-state index contributed by atoms with van der Waals surface area (Å²) in [7, 11) is 0. The fraction of sp³-hybridized carbons (Fsp3) is 1.00. The molecule has 2 nitrogen and oxygen atoms in total. The van der Waals surface area contributed by atoms with Crippen LogP contribution in [0.3, 0.4) is 0 Å². The van der Waals surface area contributed by atoms with Gasteiger partial charge in [0, 0.05) is 6.61 Å². The first-order valence-corrected chi connectivity index (χ1v) is 4.46. The molecule has 0 amide bonds. The van der Waals surface area contributed by atoms with Crippen LogP contribution >= 0.6 is 0 Å². The average Bonchev–Trinajstić information content (AvgIpc) is 1.91. The molecule has 0 heterocycles. The fourth-order valence-corrected chi connectivity index (χ4v) is 0.811. The molecule has 0 aromatic rings.